The molecular formula is C25H30Cl2N2O3S. The molecule has 1 saturated carbocycles. The average Bonchev–Trinajstić information content (AvgIpc) is 3.31. The molecule has 1 N–H and O–H groups in total. The van der Waals surface area contributed by atoms with Gasteiger partial charge in [-0.2, -0.15) is 0 Å². The van der Waals surface area contributed by atoms with Crippen molar-refractivity contribution in [3.05, 3.63) is 63.6 Å². The van der Waals surface area contributed by atoms with Gasteiger partial charge < -0.3 is 15.0 Å². The minimum absolute atomic E-state index is 0.103. The first-order valence-electron chi connectivity index (χ1n) is 11.1. The number of amides is 2. The number of thioether (sulfide) groups is 1. The molecule has 2 amide bonds. The minimum Gasteiger partial charge on any atom is -0.497 e. The van der Waals surface area contributed by atoms with Gasteiger partial charge in [0.05, 0.1) is 12.9 Å². The topological polar surface area (TPSA) is 58.6 Å². The molecule has 2 aromatic rings. The number of carbonyl (C=O) groups excluding carboxylic acids is 2. The molecule has 3 rings (SSSR count). The van der Waals surface area contributed by atoms with Crippen molar-refractivity contribution in [1.29, 1.82) is 0 Å². The molecule has 1 aliphatic carbocycles. The summed E-state index contributed by atoms with van der Waals surface area (Å²) in [5.74, 6) is 1.52. The van der Waals surface area contributed by atoms with E-state index in [1.54, 1.807) is 37.1 Å². The highest BCUT2D eigenvalue weighted by molar-refractivity contribution is 7.99. The van der Waals surface area contributed by atoms with Gasteiger partial charge in [-0.15, -0.1) is 11.8 Å². The fraction of sp³-hybridized carbons (Fsp3) is 0.440. The van der Waals surface area contributed by atoms with Crippen molar-refractivity contribution in [2.45, 2.75) is 57.0 Å². The average molecular weight is 509 g/mol. The molecule has 5 nitrogen and oxygen atoms in total. The highest BCUT2D eigenvalue weighted by Crippen LogP contribution is 2.25. The Balaban J connectivity index is 1.67. The van der Waals surface area contributed by atoms with Crippen LogP contribution in [0.3, 0.4) is 0 Å². The second-order valence-electron chi connectivity index (χ2n) is 8.26. The highest BCUT2D eigenvalue weighted by atomic mass is 35.5. The van der Waals surface area contributed by atoms with Crippen LogP contribution in [0, 0.1) is 0 Å². The number of benzene rings is 2. The largest absolute Gasteiger partial charge is 0.497 e. The summed E-state index contributed by atoms with van der Waals surface area (Å²) in [6.07, 6.45) is 4.25. The predicted molar refractivity (Wildman–Crippen MR) is 136 cm³/mol. The number of nitrogens with zero attached hydrogens (tertiary/aromatic N) is 1. The van der Waals surface area contributed by atoms with E-state index in [2.05, 4.69) is 5.32 Å². The fourth-order valence-corrected chi connectivity index (χ4v) is 5.21. The first-order valence-corrected chi connectivity index (χ1v) is 13.0. The molecule has 0 aliphatic heterocycles. The summed E-state index contributed by atoms with van der Waals surface area (Å²) in [6, 6.07) is 12.6. The second kappa shape index (κ2) is 12.5. The molecule has 1 fully saturated rings. The lowest BCUT2D eigenvalue weighted by Crippen LogP contribution is -2.50. The van der Waals surface area contributed by atoms with Crippen LogP contribution >= 0.6 is 35.0 Å². The summed E-state index contributed by atoms with van der Waals surface area (Å²) in [4.78, 5) is 27.8. The zero-order valence-corrected chi connectivity index (χ0v) is 21.3. The van der Waals surface area contributed by atoms with Crippen LogP contribution in [0.4, 0.5) is 0 Å². The van der Waals surface area contributed by atoms with Crippen molar-refractivity contribution in [2.75, 3.05) is 12.9 Å². The van der Waals surface area contributed by atoms with E-state index >= 15 is 0 Å². The van der Waals surface area contributed by atoms with Gasteiger partial charge in [0.25, 0.3) is 0 Å². The Morgan fingerprint density at radius 1 is 1.15 bits per heavy atom. The van der Waals surface area contributed by atoms with E-state index in [4.69, 9.17) is 27.9 Å². The predicted octanol–water partition coefficient (Wildman–Crippen LogP) is 5.71. The Morgan fingerprint density at radius 3 is 2.48 bits per heavy atom. The molecule has 178 valence electrons. The summed E-state index contributed by atoms with van der Waals surface area (Å²) in [7, 11) is 1.63. The van der Waals surface area contributed by atoms with E-state index in [9.17, 15) is 9.59 Å². The van der Waals surface area contributed by atoms with Gasteiger partial charge in [0.2, 0.25) is 11.8 Å². The van der Waals surface area contributed by atoms with Crippen LogP contribution in [0.2, 0.25) is 10.0 Å². The van der Waals surface area contributed by atoms with Crippen LogP contribution in [0.1, 0.15) is 43.7 Å². The third kappa shape index (κ3) is 7.56. The van der Waals surface area contributed by atoms with E-state index in [0.717, 1.165) is 42.6 Å². The van der Waals surface area contributed by atoms with Gasteiger partial charge in [-0.05, 0) is 55.2 Å². The van der Waals surface area contributed by atoms with Gasteiger partial charge in [0, 0.05) is 28.4 Å². The van der Waals surface area contributed by atoms with Crippen LogP contribution in [0.5, 0.6) is 5.75 Å². The molecule has 0 saturated heterocycles. The van der Waals surface area contributed by atoms with E-state index in [0.29, 0.717) is 15.8 Å². The van der Waals surface area contributed by atoms with Crippen LogP contribution < -0.4 is 10.1 Å². The van der Waals surface area contributed by atoms with Gasteiger partial charge in [-0.3, -0.25) is 9.59 Å². The molecule has 8 heteroatoms. The molecule has 0 radical (unpaired) electrons. The monoisotopic (exact) mass is 508 g/mol. The van der Waals surface area contributed by atoms with Crippen molar-refractivity contribution in [1.82, 2.24) is 10.2 Å². The zero-order chi connectivity index (χ0) is 23.8. The molecule has 0 unspecified atom stereocenters. The summed E-state index contributed by atoms with van der Waals surface area (Å²) >= 11 is 13.9. The molecule has 2 aromatic carbocycles. The Bertz CT molecular complexity index is 949. The SMILES string of the molecule is COc1ccc(CSCC(=O)N(Cc2ccc(Cl)cc2Cl)[C@H](C)C(=O)NC2CCCC2)cc1. The van der Waals surface area contributed by atoms with Crippen molar-refractivity contribution in [2.24, 2.45) is 0 Å². The number of methoxy groups -OCH3 is 1. The summed E-state index contributed by atoms with van der Waals surface area (Å²) < 4.78 is 5.19. The van der Waals surface area contributed by atoms with Crippen LogP contribution in [-0.2, 0) is 21.9 Å². The van der Waals surface area contributed by atoms with Gasteiger partial charge in [-0.25, -0.2) is 0 Å². The van der Waals surface area contributed by atoms with Crippen molar-refractivity contribution in [3.63, 3.8) is 0 Å². The van der Waals surface area contributed by atoms with E-state index in [1.165, 1.54) is 11.8 Å². The molecule has 0 heterocycles. The number of rotatable bonds is 10. The lowest BCUT2D eigenvalue weighted by Gasteiger charge is -2.30. The molecule has 0 spiro atoms. The smallest absolute Gasteiger partial charge is 0.242 e. The number of halogens is 2. The Hall–Kier alpha value is -1.89. The molecule has 1 aliphatic rings. The first-order chi connectivity index (χ1) is 15.9. The normalized spacial score (nSPS) is 14.7. The van der Waals surface area contributed by atoms with Crippen molar-refractivity contribution >= 4 is 46.8 Å². The molecule has 33 heavy (non-hydrogen) atoms. The standard InChI is InChI=1S/C25H30Cl2N2O3S/c1-17(25(31)28-21-5-3-4-6-21)29(14-19-9-10-20(26)13-23(19)27)24(30)16-33-15-18-7-11-22(32-2)12-8-18/h7-13,17,21H,3-6,14-16H2,1-2H3,(H,28,31)/t17-/m1/s1. The lowest BCUT2D eigenvalue weighted by atomic mass is 10.1. The van der Waals surface area contributed by atoms with Crippen molar-refractivity contribution < 1.29 is 14.3 Å². The maximum Gasteiger partial charge on any atom is 0.242 e. The quantitative estimate of drug-likeness (QED) is 0.446. The maximum atomic E-state index is 13.2. The Kier molecular flexibility index (Phi) is 9.78. The third-order valence-corrected chi connectivity index (χ3v) is 7.45. The molecule has 1 atom stereocenters. The number of ether oxygens (including phenoxy) is 1. The lowest BCUT2D eigenvalue weighted by molar-refractivity contribution is -0.138. The van der Waals surface area contributed by atoms with Gasteiger partial charge >= 0.3 is 0 Å². The second-order valence-corrected chi connectivity index (χ2v) is 10.1. The van der Waals surface area contributed by atoms with Crippen molar-refractivity contribution in [3.8, 4) is 5.75 Å². The molecule has 0 aromatic heterocycles. The van der Waals surface area contributed by atoms with Crippen LogP contribution in [0.15, 0.2) is 42.5 Å². The van der Waals surface area contributed by atoms with E-state index < -0.39 is 6.04 Å². The van der Waals surface area contributed by atoms with E-state index in [-0.39, 0.29) is 30.2 Å². The first kappa shape index (κ1) is 25.7. The summed E-state index contributed by atoms with van der Waals surface area (Å²) in [5.41, 5.74) is 1.86. The Morgan fingerprint density at radius 2 is 1.85 bits per heavy atom. The Labute approximate surface area is 210 Å². The third-order valence-electron chi connectivity index (χ3n) is 5.88. The minimum atomic E-state index is -0.605. The number of hydrogen-bond acceptors (Lipinski definition) is 4. The molecule has 0 bridgehead atoms. The summed E-state index contributed by atoms with van der Waals surface area (Å²) in [6.45, 7) is 2.03. The maximum absolute atomic E-state index is 13.2. The highest BCUT2D eigenvalue weighted by Gasteiger charge is 2.28. The number of carbonyl (C=O) groups is 2. The number of nitrogens with one attached hydrogen (secondary N) is 1. The molecular weight excluding hydrogens is 479 g/mol. The number of hydrogen-bond donors (Lipinski definition) is 1. The van der Waals surface area contributed by atoms with Gasteiger partial charge in [-0.1, -0.05) is 54.2 Å². The van der Waals surface area contributed by atoms with Gasteiger partial charge in [0.1, 0.15) is 11.8 Å². The zero-order valence-electron chi connectivity index (χ0n) is 19.0. The van der Waals surface area contributed by atoms with Gasteiger partial charge in [0.15, 0.2) is 0 Å². The summed E-state index contributed by atoms with van der Waals surface area (Å²) in [5, 5.41) is 4.12. The van der Waals surface area contributed by atoms with Crippen LogP contribution in [-0.4, -0.2) is 41.7 Å². The fourth-order valence-electron chi connectivity index (χ4n) is 3.87. The van der Waals surface area contributed by atoms with E-state index in [1.807, 2.05) is 24.3 Å². The van der Waals surface area contributed by atoms with Crippen LogP contribution in [0.25, 0.3) is 0 Å².